The van der Waals surface area contributed by atoms with Gasteiger partial charge in [0.15, 0.2) is 0 Å². The molecule has 18 heavy (non-hydrogen) atoms. The molecular weight excluding hydrogens is 270 g/mol. The van der Waals surface area contributed by atoms with Crippen molar-refractivity contribution in [2.75, 3.05) is 0 Å². The number of rotatable bonds is 3. The molecule has 2 rings (SSSR count). The number of hydrogen-bond donors (Lipinski definition) is 0. The van der Waals surface area contributed by atoms with E-state index in [9.17, 15) is 8.78 Å². The van der Waals surface area contributed by atoms with Crippen LogP contribution in [0.25, 0.3) is 9.75 Å². The Morgan fingerprint density at radius 3 is 1.33 bits per heavy atom. The van der Waals surface area contributed by atoms with E-state index in [4.69, 9.17) is 0 Å². The van der Waals surface area contributed by atoms with E-state index in [1.807, 2.05) is 27.7 Å². The molecule has 0 atom stereocenters. The van der Waals surface area contributed by atoms with Gasteiger partial charge < -0.3 is 0 Å². The van der Waals surface area contributed by atoms with Crippen molar-refractivity contribution in [1.82, 2.24) is 0 Å². The molecule has 2 aromatic rings. The Hall–Kier alpha value is -0.740. The molecule has 0 unspecified atom stereocenters. The molecule has 0 aromatic carbocycles. The number of thiophene rings is 2. The van der Waals surface area contributed by atoms with E-state index in [0.29, 0.717) is 9.75 Å². The van der Waals surface area contributed by atoms with Gasteiger partial charge in [-0.05, 0) is 24.0 Å². The molecule has 0 N–H and O–H groups in total. The van der Waals surface area contributed by atoms with Gasteiger partial charge in [0.2, 0.25) is 0 Å². The second-order valence-corrected chi connectivity index (χ2v) is 7.13. The summed E-state index contributed by atoms with van der Waals surface area (Å²) < 4.78 is 27.8. The van der Waals surface area contributed by atoms with E-state index in [-0.39, 0.29) is 23.5 Å². The van der Waals surface area contributed by atoms with Crippen LogP contribution in [0, 0.1) is 11.6 Å². The molecule has 0 amide bonds. The quantitative estimate of drug-likeness (QED) is 0.649. The Bertz CT molecular complexity index is 500. The first kappa shape index (κ1) is 13.7. The molecule has 0 spiro atoms. The lowest BCUT2D eigenvalue weighted by molar-refractivity contribution is 0.621. The van der Waals surface area contributed by atoms with Gasteiger partial charge in [0.1, 0.15) is 11.6 Å². The van der Waals surface area contributed by atoms with Gasteiger partial charge in [0, 0.05) is 9.75 Å². The highest BCUT2D eigenvalue weighted by molar-refractivity contribution is 7.22. The van der Waals surface area contributed by atoms with Gasteiger partial charge in [-0.2, -0.15) is 0 Å². The van der Waals surface area contributed by atoms with E-state index >= 15 is 0 Å². The van der Waals surface area contributed by atoms with Crippen LogP contribution in [0.15, 0.2) is 12.1 Å². The maximum atomic E-state index is 13.9. The van der Waals surface area contributed by atoms with Crippen LogP contribution >= 0.6 is 22.7 Å². The summed E-state index contributed by atoms with van der Waals surface area (Å²) in [7, 11) is 0. The number of halogens is 2. The Kier molecular flexibility index (Phi) is 3.87. The van der Waals surface area contributed by atoms with Gasteiger partial charge in [-0.15, -0.1) is 22.7 Å². The fourth-order valence-electron chi connectivity index (χ4n) is 1.65. The van der Waals surface area contributed by atoms with Crippen LogP contribution in [0.5, 0.6) is 0 Å². The molecule has 0 radical (unpaired) electrons. The van der Waals surface area contributed by atoms with E-state index < -0.39 is 0 Å². The predicted octanol–water partition coefficient (Wildman–Crippen LogP) is 6.00. The normalized spacial score (nSPS) is 11.8. The molecule has 4 heteroatoms. The molecular formula is C14H16F2S2. The molecule has 0 aliphatic rings. The van der Waals surface area contributed by atoms with Gasteiger partial charge in [0.05, 0.1) is 9.75 Å². The maximum absolute atomic E-state index is 13.9. The van der Waals surface area contributed by atoms with Gasteiger partial charge in [-0.1, -0.05) is 27.7 Å². The third kappa shape index (κ3) is 2.50. The lowest BCUT2D eigenvalue weighted by Gasteiger charge is -1.98. The standard InChI is InChI=1S/C14H16F2S2/c1-7(2)11-5-9(15)13(17-11)14-10(16)6-12(18-14)8(3)4/h5-8H,1-4H3. The van der Waals surface area contributed by atoms with Crippen molar-refractivity contribution < 1.29 is 8.78 Å². The minimum absolute atomic E-state index is 0.269. The van der Waals surface area contributed by atoms with Crippen LogP contribution in [-0.4, -0.2) is 0 Å². The van der Waals surface area contributed by atoms with Gasteiger partial charge in [-0.25, -0.2) is 8.78 Å². The summed E-state index contributed by atoms with van der Waals surface area (Å²) in [6.45, 7) is 8.05. The van der Waals surface area contributed by atoms with Crippen LogP contribution in [-0.2, 0) is 0 Å². The van der Waals surface area contributed by atoms with Crippen LogP contribution in [0.2, 0.25) is 0 Å². The molecule has 0 fully saturated rings. The first-order valence-corrected chi connectivity index (χ1v) is 7.62. The smallest absolute Gasteiger partial charge is 0.143 e. The van der Waals surface area contributed by atoms with Crippen LogP contribution < -0.4 is 0 Å². The monoisotopic (exact) mass is 286 g/mol. The Morgan fingerprint density at radius 1 is 0.778 bits per heavy atom. The average molecular weight is 286 g/mol. The topological polar surface area (TPSA) is 0 Å². The van der Waals surface area contributed by atoms with Gasteiger partial charge in [-0.3, -0.25) is 0 Å². The van der Waals surface area contributed by atoms with Gasteiger partial charge >= 0.3 is 0 Å². The summed E-state index contributed by atoms with van der Waals surface area (Å²) in [5.41, 5.74) is 0. The summed E-state index contributed by atoms with van der Waals surface area (Å²) in [4.78, 5) is 2.80. The molecule has 98 valence electrons. The molecule has 0 saturated heterocycles. The highest BCUT2D eigenvalue weighted by atomic mass is 32.1. The zero-order valence-corrected chi connectivity index (χ0v) is 12.5. The molecule has 0 nitrogen and oxygen atoms in total. The minimum Gasteiger partial charge on any atom is -0.205 e. The third-order valence-corrected chi connectivity index (χ3v) is 5.74. The first-order valence-electron chi connectivity index (χ1n) is 5.99. The van der Waals surface area contributed by atoms with E-state index in [1.54, 1.807) is 0 Å². The van der Waals surface area contributed by atoms with Crippen molar-refractivity contribution in [3.8, 4) is 9.75 Å². The summed E-state index contributed by atoms with van der Waals surface area (Å²) >= 11 is 2.71. The molecule has 0 saturated carbocycles. The van der Waals surface area contributed by atoms with E-state index in [2.05, 4.69) is 0 Å². The highest BCUT2D eigenvalue weighted by Gasteiger charge is 2.19. The summed E-state index contributed by atoms with van der Waals surface area (Å²) in [6, 6.07) is 3.05. The fraction of sp³-hybridized carbons (Fsp3) is 0.429. The Morgan fingerprint density at radius 2 is 1.11 bits per heavy atom. The maximum Gasteiger partial charge on any atom is 0.143 e. The van der Waals surface area contributed by atoms with Gasteiger partial charge in [0.25, 0.3) is 0 Å². The van der Waals surface area contributed by atoms with E-state index in [0.717, 1.165) is 9.75 Å². The number of hydrogen-bond acceptors (Lipinski definition) is 2. The Labute approximate surface area is 114 Å². The lowest BCUT2D eigenvalue weighted by Crippen LogP contribution is -1.78. The van der Waals surface area contributed by atoms with Crippen molar-refractivity contribution in [3.63, 3.8) is 0 Å². The highest BCUT2D eigenvalue weighted by Crippen LogP contribution is 2.41. The van der Waals surface area contributed by atoms with Crippen molar-refractivity contribution in [1.29, 1.82) is 0 Å². The molecule has 0 aliphatic heterocycles. The van der Waals surface area contributed by atoms with Crippen LogP contribution in [0.3, 0.4) is 0 Å². The second-order valence-electron chi connectivity index (χ2n) is 4.96. The third-order valence-electron chi connectivity index (χ3n) is 2.76. The SMILES string of the molecule is CC(C)c1cc(F)c(-c2sc(C(C)C)cc2F)s1. The largest absolute Gasteiger partial charge is 0.205 e. The van der Waals surface area contributed by atoms with Crippen molar-refractivity contribution >= 4 is 22.7 Å². The first-order chi connectivity index (χ1) is 8.40. The zero-order valence-electron chi connectivity index (χ0n) is 10.9. The molecule has 0 aliphatic carbocycles. The van der Waals surface area contributed by atoms with Crippen LogP contribution in [0.1, 0.15) is 49.3 Å². The Balaban J connectivity index is 2.48. The molecule has 2 aromatic heterocycles. The summed E-state index contributed by atoms with van der Waals surface area (Å²) in [5.74, 6) is -0.0730. The van der Waals surface area contributed by atoms with E-state index in [1.165, 1.54) is 34.8 Å². The summed E-state index contributed by atoms with van der Waals surface area (Å²) in [6.07, 6.45) is 0. The minimum atomic E-state index is -0.306. The second kappa shape index (κ2) is 5.10. The van der Waals surface area contributed by atoms with Crippen molar-refractivity contribution in [2.24, 2.45) is 0 Å². The lowest BCUT2D eigenvalue weighted by atomic mass is 10.2. The zero-order chi connectivity index (χ0) is 13.4. The fourth-order valence-corrected chi connectivity index (χ4v) is 3.86. The van der Waals surface area contributed by atoms with Crippen molar-refractivity contribution in [3.05, 3.63) is 33.5 Å². The van der Waals surface area contributed by atoms with Crippen molar-refractivity contribution in [2.45, 2.75) is 39.5 Å². The molecule has 2 heterocycles. The predicted molar refractivity (Wildman–Crippen MR) is 75.7 cm³/mol. The average Bonchev–Trinajstić information content (AvgIpc) is 2.82. The van der Waals surface area contributed by atoms with Crippen LogP contribution in [0.4, 0.5) is 8.78 Å². The molecule has 0 bridgehead atoms. The summed E-state index contributed by atoms with van der Waals surface area (Å²) in [5, 5.41) is 0.